The molecule has 0 spiro atoms. The smallest absolute Gasteiger partial charge is 0.344 e. The highest BCUT2D eigenvalue weighted by Crippen LogP contribution is 2.52. The summed E-state index contributed by atoms with van der Waals surface area (Å²) in [5.74, 6) is -2.38. The Morgan fingerprint density at radius 2 is 1.27 bits per heavy atom. The molecule has 0 saturated carbocycles. The predicted octanol–water partition coefficient (Wildman–Crippen LogP) is 6.33. The van der Waals surface area contributed by atoms with Crippen LogP contribution in [0.3, 0.4) is 0 Å². The van der Waals surface area contributed by atoms with Crippen LogP contribution in [-0.2, 0) is 65.7 Å². The number of hydrogen-bond donors (Lipinski definition) is 4. The van der Waals surface area contributed by atoms with Crippen molar-refractivity contribution in [3.8, 4) is 0 Å². The van der Waals surface area contributed by atoms with Gasteiger partial charge < -0.3 is 9.74 Å². The number of allylic oxidation sites excluding steroid dienone is 6. The van der Waals surface area contributed by atoms with Crippen LogP contribution in [0, 0.1) is 0 Å². The van der Waals surface area contributed by atoms with Crippen LogP contribution < -0.4 is 4.90 Å². The van der Waals surface area contributed by atoms with Crippen molar-refractivity contribution in [3.63, 3.8) is 0 Å². The zero-order valence-corrected chi connectivity index (χ0v) is 41.9. The van der Waals surface area contributed by atoms with Gasteiger partial charge in [-0.15, -0.1) is 5.06 Å². The molecule has 2 amide bonds. The normalized spacial score (nSPS) is 17.9. The average molecular weight is 1050 g/mol. The number of pyridine rings is 1. The molecule has 4 heterocycles. The molecule has 8 rings (SSSR count). The first-order valence-electron chi connectivity index (χ1n) is 21.6. The highest BCUT2D eigenvalue weighted by Gasteiger charge is 2.46. The lowest BCUT2D eigenvalue weighted by molar-refractivity contribution is -0.433. The number of rotatable bonds is 12. The summed E-state index contributed by atoms with van der Waals surface area (Å²) in [6.07, 6.45) is 7.88. The molecule has 372 valence electrons. The van der Waals surface area contributed by atoms with E-state index >= 15 is 0 Å². The van der Waals surface area contributed by atoms with Crippen LogP contribution in [0.5, 0.6) is 0 Å². The summed E-state index contributed by atoms with van der Waals surface area (Å²) in [6.45, 7) is 11.7. The van der Waals surface area contributed by atoms with Crippen molar-refractivity contribution in [3.05, 3.63) is 119 Å². The van der Waals surface area contributed by atoms with E-state index in [1.165, 1.54) is 30.5 Å². The maximum atomic E-state index is 13.1. The zero-order chi connectivity index (χ0) is 52.1. The number of benzene rings is 4. The van der Waals surface area contributed by atoms with Crippen molar-refractivity contribution in [2.45, 2.75) is 84.8 Å². The fourth-order valence-corrected chi connectivity index (χ4v) is 12.4. The first-order chi connectivity index (χ1) is 32.9. The summed E-state index contributed by atoms with van der Waals surface area (Å²) in [4.78, 5) is 46.0. The van der Waals surface area contributed by atoms with Crippen LogP contribution in [0.15, 0.2) is 116 Å². The Hall–Kier alpha value is -6.51. The number of amides is 2. The molecule has 1 fully saturated rings. The lowest BCUT2D eigenvalue weighted by atomic mass is 9.79. The van der Waals surface area contributed by atoms with Crippen molar-refractivity contribution >= 4 is 102 Å². The molecule has 1 aromatic heterocycles. The van der Waals surface area contributed by atoms with Crippen LogP contribution in [-0.4, -0.2) is 103 Å². The van der Waals surface area contributed by atoms with Crippen molar-refractivity contribution in [1.82, 2.24) is 10.0 Å². The molecule has 5 aromatic rings. The molecular weight excluding hydrogens is 1000 g/mol. The number of fused-ring (bicyclic) bond motifs is 6. The molecular formula is C47H45N4O16S4+. The molecule has 4 aromatic carbocycles. The second kappa shape index (κ2) is 17.4. The number of likely N-dealkylation sites (N-methyl/N-ethyl adjacent to an activating group) is 1. The van der Waals surface area contributed by atoms with Crippen LogP contribution in [0.1, 0.15) is 81.6 Å². The largest absolute Gasteiger partial charge is 0.365 e. The Labute approximate surface area is 408 Å². The van der Waals surface area contributed by atoms with E-state index in [1.807, 2.05) is 51.0 Å². The second-order valence-electron chi connectivity index (χ2n) is 17.9. The van der Waals surface area contributed by atoms with E-state index < -0.39 is 88.7 Å². The van der Waals surface area contributed by atoms with Crippen molar-refractivity contribution < 1.29 is 75.7 Å². The van der Waals surface area contributed by atoms with E-state index in [4.69, 9.17) is 4.84 Å². The standard InChI is InChI=1S/C47H44N4O16S4/c1-7-49-35-15-12-30-32(21-28(68(55,56)57)23-37(30)70(61,62)63)43(35)46(3,4)39(49)17-10-26(34-14-9-27(25-48-34)45(54)67-51-41(52)19-20-42(51)53)11-18-40-47(5,6)44-33-22-29(69(58,59)60)24-38(71(64,65)66)31(33)13-16-36(44)50(40)8-2/h9-18,21-25H,7-8,19-20H2,1-6H3,(H3-,55,56,57,58,59,60,61,62,63,64,65,66)/p+1. The van der Waals surface area contributed by atoms with Gasteiger partial charge in [-0.25, -0.2) is 4.79 Å². The molecule has 0 unspecified atom stereocenters. The quantitative estimate of drug-likeness (QED) is 0.0459. The fraction of sp³-hybridized carbons (Fsp3) is 0.255. The topological polar surface area (TPSA) is 300 Å². The molecule has 1 saturated heterocycles. The van der Waals surface area contributed by atoms with E-state index in [-0.39, 0.29) is 45.6 Å². The van der Waals surface area contributed by atoms with Crippen LogP contribution in [0.2, 0.25) is 0 Å². The van der Waals surface area contributed by atoms with Crippen molar-refractivity contribution in [2.75, 3.05) is 18.0 Å². The van der Waals surface area contributed by atoms with E-state index in [1.54, 1.807) is 36.4 Å². The molecule has 24 heteroatoms. The maximum absolute atomic E-state index is 13.1. The SMILES string of the molecule is CCN1/C(=C/C=C(/C=C/C2=[N+](CC)c3ccc4c(S(=O)(=O)O)cc(S(=O)(=O)O)cc4c3C2(C)C)c2ccc(C(=O)ON3C(=O)CCC3=O)cn2)C(C)(C)c2c1ccc1c(S(=O)(=O)O)cc(S(=O)(=O)O)cc21. The molecule has 4 N–H and O–H groups in total. The number of carbonyl (C=O) groups excluding carboxylic acids is 3. The van der Waals surface area contributed by atoms with Crippen molar-refractivity contribution in [1.29, 1.82) is 0 Å². The number of hydrogen-bond acceptors (Lipinski definition) is 14. The third-order valence-electron chi connectivity index (χ3n) is 12.9. The Bertz CT molecular complexity index is 3810. The van der Waals surface area contributed by atoms with Gasteiger partial charge in [0.2, 0.25) is 5.69 Å². The summed E-state index contributed by atoms with van der Waals surface area (Å²) in [5, 5.41) is 0.655. The molecule has 0 aliphatic carbocycles. The molecule has 0 atom stereocenters. The molecule has 71 heavy (non-hydrogen) atoms. The van der Waals surface area contributed by atoms with E-state index in [0.717, 1.165) is 12.1 Å². The molecule has 3 aliphatic heterocycles. The van der Waals surface area contributed by atoms with E-state index in [0.29, 0.717) is 69.8 Å². The van der Waals surface area contributed by atoms with Crippen LogP contribution in [0.25, 0.3) is 27.1 Å². The summed E-state index contributed by atoms with van der Waals surface area (Å²) < 4.78 is 143. The van der Waals surface area contributed by atoms with Gasteiger partial charge in [0.15, 0.2) is 5.71 Å². The van der Waals surface area contributed by atoms with Gasteiger partial charge in [0.25, 0.3) is 52.3 Å². The molecule has 0 bridgehead atoms. The first-order valence-corrected chi connectivity index (χ1v) is 27.4. The first kappa shape index (κ1) is 50.9. The maximum Gasteiger partial charge on any atom is 0.365 e. The molecule has 3 aliphatic rings. The molecule has 20 nitrogen and oxygen atoms in total. The number of anilines is 1. The number of carbonyl (C=O) groups is 3. The number of imide groups is 1. The summed E-state index contributed by atoms with van der Waals surface area (Å²) >= 11 is 0. The summed E-state index contributed by atoms with van der Waals surface area (Å²) in [5.41, 5.74) is 1.80. The average Bonchev–Trinajstić information content (AvgIpc) is 3.81. The lowest BCUT2D eigenvalue weighted by Crippen LogP contribution is -2.32. The van der Waals surface area contributed by atoms with Gasteiger partial charge in [0, 0.05) is 76.4 Å². The van der Waals surface area contributed by atoms with Gasteiger partial charge in [0.1, 0.15) is 16.3 Å². The Balaban J connectivity index is 1.30. The van der Waals surface area contributed by atoms with Gasteiger partial charge >= 0.3 is 5.97 Å². The van der Waals surface area contributed by atoms with Gasteiger partial charge in [-0.1, -0.05) is 26.0 Å². The predicted molar refractivity (Wildman–Crippen MR) is 258 cm³/mol. The van der Waals surface area contributed by atoms with Gasteiger partial charge in [-0.2, -0.15) is 38.2 Å². The van der Waals surface area contributed by atoms with Gasteiger partial charge in [-0.05, 0) is 105 Å². The van der Waals surface area contributed by atoms with E-state index in [9.17, 15) is 66.3 Å². The van der Waals surface area contributed by atoms with E-state index in [2.05, 4.69) is 4.98 Å². The minimum atomic E-state index is -5.01. The monoisotopic (exact) mass is 1050 g/mol. The summed E-state index contributed by atoms with van der Waals surface area (Å²) in [6, 6.07) is 12.6. The number of hydroxylamine groups is 2. The second-order valence-corrected chi connectivity index (χ2v) is 23.5. The lowest BCUT2D eigenvalue weighted by Gasteiger charge is -2.26. The van der Waals surface area contributed by atoms with Gasteiger partial charge in [-0.3, -0.25) is 32.8 Å². The molecule has 0 radical (unpaired) electrons. The Morgan fingerprint density at radius 1 is 0.718 bits per heavy atom. The highest BCUT2D eigenvalue weighted by atomic mass is 32.2. The number of aromatic nitrogens is 1. The van der Waals surface area contributed by atoms with Gasteiger partial charge in [0.05, 0.1) is 26.5 Å². The third-order valence-corrected chi connectivity index (χ3v) is 16.3. The van der Waals surface area contributed by atoms with Crippen LogP contribution >= 0.6 is 0 Å². The minimum Gasteiger partial charge on any atom is -0.344 e. The van der Waals surface area contributed by atoms with Crippen LogP contribution in [0.4, 0.5) is 11.4 Å². The Morgan fingerprint density at radius 3 is 1.76 bits per heavy atom. The van der Waals surface area contributed by atoms with Crippen molar-refractivity contribution in [2.24, 2.45) is 0 Å². The Kier molecular flexibility index (Phi) is 12.4. The summed E-state index contributed by atoms with van der Waals surface area (Å²) in [7, 11) is -20.0. The fourth-order valence-electron chi connectivity index (χ4n) is 9.73. The zero-order valence-electron chi connectivity index (χ0n) is 38.6. The third kappa shape index (κ3) is 8.87. The minimum absolute atomic E-state index is 0.00153. The number of nitrogens with zero attached hydrogens (tertiary/aromatic N) is 4. The highest BCUT2D eigenvalue weighted by molar-refractivity contribution is 7.87.